The zero-order valence-electron chi connectivity index (χ0n) is 23.8. The maximum Gasteiger partial charge on any atom is 0.435 e. The maximum atomic E-state index is 13.8. The number of alkyl halides is 7. The number of nitrogens with zero attached hydrogens (tertiary/aromatic N) is 2. The smallest absolute Gasteiger partial charge is 0.435 e. The van der Waals surface area contributed by atoms with Crippen molar-refractivity contribution in [2.75, 3.05) is 37.5 Å². The average Bonchev–Trinajstić information content (AvgIpc) is 3.33. The molecule has 0 radical (unpaired) electrons. The molecule has 0 aliphatic carbocycles. The van der Waals surface area contributed by atoms with Crippen molar-refractivity contribution in [1.82, 2.24) is 9.78 Å². The normalized spacial score (nSPS) is 12.0. The monoisotopic (exact) mass is 762 g/mol. The van der Waals surface area contributed by atoms with Crippen LogP contribution in [0.2, 0.25) is 5.02 Å². The van der Waals surface area contributed by atoms with Gasteiger partial charge in [-0.25, -0.2) is 0 Å². The largest absolute Gasteiger partial charge is 0.493 e. The van der Waals surface area contributed by atoms with E-state index in [1.54, 1.807) is 0 Å². The molecule has 0 N–H and O–H groups in total. The maximum absolute atomic E-state index is 13.8. The lowest BCUT2D eigenvalue weighted by Gasteiger charge is -2.20. The van der Waals surface area contributed by atoms with Gasteiger partial charge in [-0.1, -0.05) is 40.3 Å². The van der Waals surface area contributed by atoms with Gasteiger partial charge in [0, 0.05) is 30.6 Å². The summed E-state index contributed by atoms with van der Waals surface area (Å²) < 4.78 is 106. The molecule has 15 heteroatoms. The highest BCUT2D eigenvalue weighted by Gasteiger charge is 2.36. The minimum atomic E-state index is -4.82. The molecule has 0 atom stereocenters. The van der Waals surface area contributed by atoms with Crippen LogP contribution in [-0.4, -0.2) is 53.2 Å². The third-order valence-electron chi connectivity index (χ3n) is 6.16. The van der Waals surface area contributed by atoms with E-state index in [0.717, 1.165) is 40.7 Å². The Bertz CT molecular complexity index is 1410. The number of carbonyl (C=O) groups excluding carboxylic acids is 1. The molecule has 2 aromatic carbocycles. The Balaban J connectivity index is 1.97. The second-order valence-electron chi connectivity index (χ2n) is 9.46. The van der Waals surface area contributed by atoms with E-state index in [0.29, 0.717) is 39.3 Å². The lowest BCUT2D eigenvalue weighted by atomic mass is 9.96. The van der Waals surface area contributed by atoms with Crippen LogP contribution < -0.4 is 9.47 Å². The number of aryl methyl sites for hydroxylation is 1. The topological polar surface area (TPSA) is 71.8 Å². The van der Waals surface area contributed by atoms with E-state index in [4.69, 9.17) is 30.5 Å². The number of rotatable bonds is 15. The molecule has 1 aromatic heterocycles. The number of ether oxygens (including phenoxy) is 4. The Morgan fingerprint density at radius 2 is 1.59 bits per heavy atom. The minimum Gasteiger partial charge on any atom is -0.493 e. The zero-order valence-corrected chi connectivity index (χ0v) is 26.7. The molecular weight excluding hydrogens is 733 g/mol. The number of hydrogen-bond donors (Lipinski definition) is 0. The van der Waals surface area contributed by atoms with Crippen molar-refractivity contribution in [2.24, 2.45) is 7.05 Å². The molecule has 0 amide bonds. The van der Waals surface area contributed by atoms with Crippen LogP contribution in [0.5, 0.6) is 11.5 Å². The van der Waals surface area contributed by atoms with Crippen molar-refractivity contribution in [3.05, 3.63) is 52.7 Å². The van der Waals surface area contributed by atoms with Gasteiger partial charge < -0.3 is 18.9 Å². The molecule has 0 aliphatic heterocycles. The first-order chi connectivity index (χ1) is 20.7. The number of esters is 1. The standard InChI is InChI=1S/C29H30ClF6IN2O5/c1-18(40)44-27-20(23-17-25(29(34,35)36)38-39(23)2)7-9-24(43-12-5-3-4-11-41-14-15-42-13-10-37)26(27)19-6-8-22(30)21(16-19)28(31,32)33/h6-9,16-17H,3-5,10-15H2,1-2H3. The Morgan fingerprint density at radius 1 is 0.909 bits per heavy atom. The van der Waals surface area contributed by atoms with Crippen LogP contribution in [0.1, 0.15) is 37.4 Å². The van der Waals surface area contributed by atoms with Gasteiger partial charge in [0.05, 0.1) is 48.3 Å². The van der Waals surface area contributed by atoms with E-state index in [1.165, 1.54) is 25.2 Å². The summed E-state index contributed by atoms with van der Waals surface area (Å²) >= 11 is 8.05. The summed E-state index contributed by atoms with van der Waals surface area (Å²) in [4.78, 5) is 12.2. The Kier molecular flexibility index (Phi) is 13.2. The van der Waals surface area contributed by atoms with Crippen molar-refractivity contribution < 1.29 is 50.1 Å². The first kappa shape index (κ1) is 35.9. The summed E-state index contributed by atoms with van der Waals surface area (Å²) in [6.07, 6.45) is -7.58. The SMILES string of the molecule is CC(=O)Oc1c(-c2cc(C(F)(F)F)nn2C)ccc(OCCCCCOCCOCCI)c1-c1ccc(Cl)c(C(F)(F)F)c1. The fraction of sp³-hybridized carbons (Fsp3) is 0.448. The molecule has 0 spiro atoms. The predicted octanol–water partition coefficient (Wildman–Crippen LogP) is 8.39. The average molecular weight is 763 g/mol. The third kappa shape index (κ3) is 9.97. The lowest BCUT2D eigenvalue weighted by Crippen LogP contribution is -2.09. The van der Waals surface area contributed by atoms with Gasteiger partial charge in [-0.2, -0.15) is 31.4 Å². The fourth-order valence-electron chi connectivity index (χ4n) is 4.21. The van der Waals surface area contributed by atoms with Crippen LogP contribution in [0, 0.1) is 0 Å². The van der Waals surface area contributed by atoms with Crippen molar-refractivity contribution in [3.63, 3.8) is 0 Å². The van der Waals surface area contributed by atoms with Crippen LogP contribution in [0.15, 0.2) is 36.4 Å². The number of aromatic nitrogens is 2. The molecule has 0 bridgehead atoms. The predicted molar refractivity (Wildman–Crippen MR) is 160 cm³/mol. The van der Waals surface area contributed by atoms with E-state index in [9.17, 15) is 31.1 Å². The molecule has 0 fully saturated rings. The molecule has 3 rings (SSSR count). The van der Waals surface area contributed by atoms with Crippen LogP contribution in [0.25, 0.3) is 22.4 Å². The first-order valence-electron chi connectivity index (χ1n) is 13.4. The van der Waals surface area contributed by atoms with Crippen molar-refractivity contribution in [1.29, 1.82) is 0 Å². The van der Waals surface area contributed by atoms with Crippen LogP contribution in [-0.2, 0) is 33.7 Å². The van der Waals surface area contributed by atoms with E-state index in [2.05, 4.69) is 27.7 Å². The molecule has 0 aliphatic rings. The highest BCUT2D eigenvalue weighted by atomic mass is 127. The Morgan fingerprint density at radius 3 is 2.20 bits per heavy atom. The fourth-order valence-corrected chi connectivity index (χ4v) is 4.74. The summed E-state index contributed by atoms with van der Waals surface area (Å²) in [5.41, 5.74) is -2.60. The second kappa shape index (κ2) is 16.1. The summed E-state index contributed by atoms with van der Waals surface area (Å²) in [5.74, 6) is -1.09. The lowest BCUT2D eigenvalue weighted by molar-refractivity contribution is -0.141. The second-order valence-corrected chi connectivity index (χ2v) is 10.9. The van der Waals surface area contributed by atoms with Gasteiger partial charge in [0.2, 0.25) is 0 Å². The van der Waals surface area contributed by atoms with Gasteiger partial charge in [0.25, 0.3) is 0 Å². The number of hydrogen-bond acceptors (Lipinski definition) is 6. The summed E-state index contributed by atoms with van der Waals surface area (Å²) in [5, 5.41) is 2.95. The molecular formula is C29H30ClF6IN2O5. The Labute approximate surface area is 268 Å². The number of halogens is 8. The molecule has 3 aromatic rings. The van der Waals surface area contributed by atoms with Crippen molar-refractivity contribution >= 4 is 40.2 Å². The van der Waals surface area contributed by atoms with Crippen molar-refractivity contribution in [2.45, 2.75) is 38.5 Å². The number of unbranched alkanes of at least 4 members (excludes halogenated alkanes) is 2. The minimum absolute atomic E-state index is 0.0174. The Hall–Kier alpha value is -2.56. The summed E-state index contributed by atoms with van der Waals surface area (Å²) in [6.45, 7) is 3.37. The first-order valence-corrected chi connectivity index (χ1v) is 15.3. The van der Waals surface area contributed by atoms with Crippen LogP contribution in [0.3, 0.4) is 0 Å². The number of benzene rings is 2. The van der Waals surface area contributed by atoms with E-state index in [1.807, 2.05) is 0 Å². The molecule has 44 heavy (non-hydrogen) atoms. The molecule has 0 unspecified atom stereocenters. The number of carbonyl (C=O) groups is 1. The van der Waals surface area contributed by atoms with Crippen LogP contribution in [0.4, 0.5) is 26.3 Å². The molecule has 7 nitrogen and oxygen atoms in total. The van der Waals surface area contributed by atoms with Gasteiger partial charge in [0.1, 0.15) is 5.75 Å². The van der Waals surface area contributed by atoms with Gasteiger partial charge >= 0.3 is 18.3 Å². The van der Waals surface area contributed by atoms with Crippen LogP contribution >= 0.6 is 34.2 Å². The zero-order chi connectivity index (χ0) is 32.5. The molecule has 0 saturated heterocycles. The quantitative estimate of drug-likeness (QED) is 0.0387. The highest BCUT2D eigenvalue weighted by molar-refractivity contribution is 14.1. The van der Waals surface area contributed by atoms with Crippen molar-refractivity contribution in [3.8, 4) is 33.9 Å². The van der Waals surface area contributed by atoms with Gasteiger partial charge in [0.15, 0.2) is 11.4 Å². The third-order valence-corrected chi connectivity index (χ3v) is 6.93. The van der Waals surface area contributed by atoms with Gasteiger partial charge in [-0.05, 0) is 55.2 Å². The summed E-state index contributed by atoms with van der Waals surface area (Å²) in [6, 6.07) is 6.61. The molecule has 242 valence electrons. The van der Waals surface area contributed by atoms with Gasteiger partial charge in [-0.15, -0.1) is 0 Å². The van der Waals surface area contributed by atoms with Gasteiger partial charge in [-0.3, -0.25) is 9.48 Å². The molecule has 1 heterocycles. The van der Waals surface area contributed by atoms with E-state index >= 15 is 0 Å². The molecule has 0 saturated carbocycles. The highest BCUT2D eigenvalue weighted by Crippen LogP contribution is 2.48. The summed E-state index contributed by atoms with van der Waals surface area (Å²) in [7, 11) is 1.26. The van der Waals surface area contributed by atoms with E-state index < -0.39 is 34.6 Å². The van der Waals surface area contributed by atoms with E-state index in [-0.39, 0.29) is 40.5 Å².